The Morgan fingerprint density at radius 1 is 1.15 bits per heavy atom. The van der Waals surface area contributed by atoms with Crippen LogP contribution in [0.25, 0.3) is 0 Å². The SMILES string of the molecule is O=C(CSc1ccc(Br)cc1)N1CCc2ccccc21. The lowest BCUT2D eigenvalue weighted by atomic mass is 10.2. The summed E-state index contributed by atoms with van der Waals surface area (Å²) >= 11 is 5.00. The molecule has 1 heterocycles. The van der Waals surface area contributed by atoms with Crippen molar-refractivity contribution in [1.82, 2.24) is 0 Å². The maximum Gasteiger partial charge on any atom is 0.237 e. The van der Waals surface area contributed by atoms with E-state index in [0.717, 1.165) is 28.0 Å². The molecule has 0 atom stereocenters. The number of para-hydroxylation sites is 1. The molecule has 1 aliphatic heterocycles. The minimum absolute atomic E-state index is 0.183. The summed E-state index contributed by atoms with van der Waals surface area (Å²) in [6.07, 6.45) is 0.963. The Balaban J connectivity index is 1.65. The second-order valence-corrected chi connectivity index (χ2v) is 6.63. The molecular formula is C16H14BrNOS. The number of rotatable bonds is 3. The number of hydrogen-bond donors (Lipinski definition) is 0. The molecule has 0 spiro atoms. The van der Waals surface area contributed by atoms with Gasteiger partial charge in [0.15, 0.2) is 0 Å². The predicted molar refractivity (Wildman–Crippen MR) is 87.4 cm³/mol. The van der Waals surface area contributed by atoms with Crippen molar-refractivity contribution in [1.29, 1.82) is 0 Å². The second kappa shape index (κ2) is 6.02. The van der Waals surface area contributed by atoms with Crippen molar-refractivity contribution in [2.75, 3.05) is 17.2 Å². The molecule has 0 saturated carbocycles. The average Bonchev–Trinajstić information content (AvgIpc) is 2.90. The number of fused-ring (bicyclic) bond motifs is 1. The molecular weight excluding hydrogens is 334 g/mol. The number of hydrogen-bond acceptors (Lipinski definition) is 2. The quantitative estimate of drug-likeness (QED) is 0.778. The molecule has 0 aromatic heterocycles. The van der Waals surface area contributed by atoms with E-state index in [0.29, 0.717) is 5.75 Å². The zero-order valence-corrected chi connectivity index (χ0v) is 13.3. The minimum atomic E-state index is 0.183. The van der Waals surface area contributed by atoms with Crippen LogP contribution in [-0.4, -0.2) is 18.2 Å². The summed E-state index contributed by atoms with van der Waals surface area (Å²) in [4.78, 5) is 15.4. The van der Waals surface area contributed by atoms with E-state index in [1.165, 1.54) is 5.56 Å². The first-order valence-corrected chi connectivity index (χ1v) is 8.28. The van der Waals surface area contributed by atoms with Crippen LogP contribution in [0.4, 0.5) is 5.69 Å². The Labute approximate surface area is 131 Å². The summed E-state index contributed by atoms with van der Waals surface area (Å²) in [5, 5.41) is 0. The number of anilines is 1. The lowest BCUT2D eigenvalue weighted by Gasteiger charge is -2.17. The van der Waals surface area contributed by atoms with Crippen LogP contribution in [-0.2, 0) is 11.2 Å². The van der Waals surface area contributed by atoms with Gasteiger partial charge in [0.25, 0.3) is 0 Å². The van der Waals surface area contributed by atoms with Crippen LogP contribution in [0, 0.1) is 0 Å². The fourth-order valence-electron chi connectivity index (χ4n) is 2.35. The number of thioether (sulfide) groups is 1. The van der Waals surface area contributed by atoms with Crippen molar-refractivity contribution < 1.29 is 4.79 Å². The van der Waals surface area contributed by atoms with Gasteiger partial charge in [0.1, 0.15) is 0 Å². The minimum Gasteiger partial charge on any atom is -0.311 e. The van der Waals surface area contributed by atoms with Crippen LogP contribution in [0.3, 0.4) is 0 Å². The monoisotopic (exact) mass is 347 g/mol. The van der Waals surface area contributed by atoms with Crippen LogP contribution in [0.1, 0.15) is 5.56 Å². The van der Waals surface area contributed by atoms with E-state index >= 15 is 0 Å². The number of carbonyl (C=O) groups excluding carboxylic acids is 1. The first kappa shape index (κ1) is 13.7. The topological polar surface area (TPSA) is 20.3 Å². The second-order valence-electron chi connectivity index (χ2n) is 4.67. The number of amides is 1. The van der Waals surface area contributed by atoms with E-state index in [-0.39, 0.29) is 5.91 Å². The molecule has 2 aromatic carbocycles. The summed E-state index contributed by atoms with van der Waals surface area (Å²) in [7, 11) is 0. The lowest BCUT2D eigenvalue weighted by Crippen LogP contribution is -2.30. The van der Waals surface area contributed by atoms with E-state index in [1.54, 1.807) is 11.8 Å². The Morgan fingerprint density at radius 2 is 1.90 bits per heavy atom. The third kappa shape index (κ3) is 2.91. The molecule has 4 heteroatoms. The van der Waals surface area contributed by atoms with E-state index in [4.69, 9.17) is 0 Å². The molecule has 0 fully saturated rings. The fraction of sp³-hybridized carbons (Fsp3) is 0.188. The van der Waals surface area contributed by atoms with Crippen molar-refractivity contribution in [3.63, 3.8) is 0 Å². The molecule has 0 aliphatic carbocycles. The Hall–Kier alpha value is -1.26. The number of nitrogens with zero attached hydrogens (tertiary/aromatic N) is 1. The van der Waals surface area contributed by atoms with Crippen molar-refractivity contribution in [3.8, 4) is 0 Å². The van der Waals surface area contributed by atoms with Crippen LogP contribution >= 0.6 is 27.7 Å². The molecule has 0 bridgehead atoms. The molecule has 102 valence electrons. The highest BCUT2D eigenvalue weighted by atomic mass is 79.9. The van der Waals surface area contributed by atoms with Crippen LogP contribution in [0.15, 0.2) is 57.9 Å². The van der Waals surface area contributed by atoms with E-state index in [1.807, 2.05) is 47.4 Å². The Bertz CT molecular complexity index is 627. The summed E-state index contributed by atoms with van der Waals surface area (Å²) in [6, 6.07) is 16.2. The normalized spacial score (nSPS) is 13.3. The third-order valence-corrected chi connectivity index (χ3v) is 4.89. The summed E-state index contributed by atoms with van der Waals surface area (Å²) in [5.74, 6) is 0.665. The predicted octanol–water partition coefficient (Wildman–Crippen LogP) is 4.13. The zero-order valence-electron chi connectivity index (χ0n) is 10.9. The molecule has 2 aromatic rings. The van der Waals surface area contributed by atoms with Crippen molar-refractivity contribution in [2.24, 2.45) is 0 Å². The molecule has 20 heavy (non-hydrogen) atoms. The number of carbonyl (C=O) groups is 1. The lowest BCUT2D eigenvalue weighted by molar-refractivity contribution is -0.116. The highest BCUT2D eigenvalue weighted by molar-refractivity contribution is 9.10. The van der Waals surface area contributed by atoms with Crippen LogP contribution < -0.4 is 4.90 Å². The largest absolute Gasteiger partial charge is 0.311 e. The van der Waals surface area contributed by atoms with Gasteiger partial charge in [-0.25, -0.2) is 0 Å². The Morgan fingerprint density at radius 3 is 2.70 bits per heavy atom. The smallest absolute Gasteiger partial charge is 0.237 e. The van der Waals surface area contributed by atoms with E-state index in [2.05, 4.69) is 22.0 Å². The molecule has 3 rings (SSSR count). The Kier molecular flexibility index (Phi) is 4.13. The van der Waals surface area contributed by atoms with Crippen molar-refractivity contribution in [3.05, 3.63) is 58.6 Å². The number of benzene rings is 2. The first-order chi connectivity index (χ1) is 9.74. The van der Waals surface area contributed by atoms with Crippen molar-refractivity contribution in [2.45, 2.75) is 11.3 Å². The van der Waals surface area contributed by atoms with Gasteiger partial charge in [-0.15, -0.1) is 11.8 Å². The van der Waals surface area contributed by atoms with Gasteiger partial charge in [0.2, 0.25) is 5.91 Å². The standard InChI is InChI=1S/C16H14BrNOS/c17-13-5-7-14(8-6-13)20-11-16(19)18-10-9-12-3-1-2-4-15(12)18/h1-8H,9-11H2. The molecule has 1 aliphatic rings. The van der Waals surface area contributed by atoms with Gasteiger partial charge in [-0.1, -0.05) is 34.1 Å². The van der Waals surface area contributed by atoms with Crippen molar-refractivity contribution >= 4 is 39.3 Å². The fourth-order valence-corrected chi connectivity index (χ4v) is 3.39. The maximum atomic E-state index is 12.3. The highest BCUT2D eigenvalue weighted by Crippen LogP contribution is 2.29. The number of halogens is 1. The van der Waals surface area contributed by atoms with Crippen LogP contribution in [0.2, 0.25) is 0 Å². The molecule has 0 saturated heterocycles. The molecule has 0 unspecified atom stereocenters. The summed E-state index contributed by atoms with van der Waals surface area (Å²) in [6.45, 7) is 0.805. The van der Waals surface area contributed by atoms with E-state index in [9.17, 15) is 4.79 Å². The molecule has 0 radical (unpaired) electrons. The average molecular weight is 348 g/mol. The zero-order chi connectivity index (χ0) is 13.9. The first-order valence-electron chi connectivity index (χ1n) is 6.51. The van der Waals surface area contributed by atoms with Crippen LogP contribution in [0.5, 0.6) is 0 Å². The van der Waals surface area contributed by atoms with Gasteiger partial charge in [0, 0.05) is 21.6 Å². The summed E-state index contributed by atoms with van der Waals surface area (Å²) < 4.78 is 1.06. The molecule has 0 N–H and O–H groups in total. The summed E-state index contributed by atoms with van der Waals surface area (Å²) in [5.41, 5.74) is 2.35. The van der Waals surface area contributed by atoms with Gasteiger partial charge in [-0.05, 0) is 42.3 Å². The van der Waals surface area contributed by atoms with Gasteiger partial charge in [-0.3, -0.25) is 4.79 Å². The van der Waals surface area contributed by atoms with E-state index < -0.39 is 0 Å². The molecule has 2 nitrogen and oxygen atoms in total. The van der Waals surface area contributed by atoms with Gasteiger partial charge >= 0.3 is 0 Å². The highest BCUT2D eigenvalue weighted by Gasteiger charge is 2.23. The molecule has 1 amide bonds. The van der Waals surface area contributed by atoms with Gasteiger partial charge < -0.3 is 4.90 Å². The van der Waals surface area contributed by atoms with Gasteiger partial charge in [0.05, 0.1) is 5.75 Å². The van der Waals surface area contributed by atoms with Gasteiger partial charge in [-0.2, -0.15) is 0 Å². The maximum absolute atomic E-state index is 12.3. The third-order valence-electron chi connectivity index (χ3n) is 3.36.